The van der Waals surface area contributed by atoms with Crippen LogP contribution in [0.5, 0.6) is 0 Å². The summed E-state index contributed by atoms with van der Waals surface area (Å²) in [5.41, 5.74) is 1.55. The van der Waals surface area contributed by atoms with Crippen LogP contribution < -0.4 is 4.43 Å². The highest BCUT2D eigenvalue weighted by atomic mass is 16.3. The van der Waals surface area contributed by atoms with Gasteiger partial charge in [0.25, 0.3) is 5.69 Å². The van der Waals surface area contributed by atoms with Crippen molar-refractivity contribution in [2.45, 2.75) is 27.7 Å². The fraction of sp³-hybridized carbons (Fsp3) is 0.500. The molecule has 1 aromatic rings. The molecule has 0 aliphatic heterocycles. The number of rotatable bonds is 0. The van der Waals surface area contributed by atoms with E-state index >= 15 is 0 Å². The van der Waals surface area contributed by atoms with Gasteiger partial charge in [0, 0.05) is 11.8 Å². The molecule has 3 heteroatoms. The van der Waals surface area contributed by atoms with Crippen LogP contribution in [0.3, 0.4) is 0 Å². The van der Waals surface area contributed by atoms with Crippen molar-refractivity contribution in [3.05, 3.63) is 28.7 Å². The molecule has 0 unspecified atom stereocenters. The third-order valence-electron chi connectivity index (χ3n) is 1.17. The van der Waals surface area contributed by atoms with Crippen molar-refractivity contribution in [3.8, 4) is 0 Å². The van der Waals surface area contributed by atoms with Crippen LogP contribution >= 0.6 is 0 Å². The number of aromatic nitrogens is 2. The molecule has 62 valence electrons. The standard InChI is InChI=1S/C6H9N2O.C2H6/c1-5-4-8(9)6(2)3-7-5;1-2/h3-4H,1-2H3,(H,7,9);1-2H3/q+1;. The topological polar surface area (TPSA) is 38.8 Å². The summed E-state index contributed by atoms with van der Waals surface area (Å²) in [6.07, 6.45) is 3.19. The average molecular weight is 155 g/mol. The van der Waals surface area contributed by atoms with Gasteiger partial charge in [0.05, 0.1) is 16.3 Å². The van der Waals surface area contributed by atoms with Gasteiger partial charge in [0.15, 0.2) is 0 Å². The van der Waals surface area contributed by atoms with Gasteiger partial charge in [-0.25, -0.2) is 0 Å². The van der Waals surface area contributed by atoms with Gasteiger partial charge in [-0.3, -0.25) is 0 Å². The van der Waals surface area contributed by atoms with Gasteiger partial charge in [-0.2, -0.15) is 0 Å². The molecule has 0 radical (unpaired) electrons. The van der Waals surface area contributed by atoms with E-state index < -0.39 is 0 Å². The second kappa shape index (κ2) is 4.66. The molecule has 1 rings (SSSR count). The van der Waals surface area contributed by atoms with E-state index in [0.717, 1.165) is 10.1 Å². The second-order valence-corrected chi connectivity index (χ2v) is 2.07. The Morgan fingerprint density at radius 1 is 1.36 bits per heavy atom. The molecule has 0 aliphatic rings. The number of H-pyrrole nitrogens is 1. The molecule has 0 aliphatic carbocycles. The van der Waals surface area contributed by atoms with Crippen molar-refractivity contribution < 1.29 is 4.43 Å². The summed E-state index contributed by atoms with van der Waals surface area (Å²) in [6.45, 7) is 7.59. The minimum absolute atomic E-state index is 0.681. The number of aryl methyl sites for hydroxylation is 2. The number of nitrogens with zero attached hydrogens (tertiary/aromatic N) is 1. The molecule has 1 heterocycles. The maximum absolute atomic E-state index is 10.7. The quantitative estimate of drug-likeness (QED) is 0.567. The lowest BCUT2D eigenvalue weighted by molar-refractivity contribution is -0.503. The van der Waals surface area contributed by atoms with Gasteiger partial charge >= 0.3 is 0 Å². The molecule has 0 aromatic carbocycles. The third-order valence-corrected chi connectivity index (χ3v) is 1.17. The van der Waals surface area contributed by atoms with E-state index in [2.05, 4.69) is 4.98 Å². The van der Waals surface area contributed by atoms with E-state index in [1.807, 2.05) is 20.8 Å². The first-order valence-electron chi connectivity index (χ1n) is 3.78. The van der Waals surface area contributed by atoms with E-state index in [1.165, 1.54) is 6.20 Å². The predicted octanol–water partition coefficient (Wildman–Crippen LogP) is 1.57. The maximum Gasteiger partial charge on any atom is 0.252 e. The lowest BCUT2D eigenvalue weighted by atomic mass is 10.4. The van der Waals surface area contributed by atoms with Gasteiger partial charge < -0.3 is 4.98 Å². The Kier molecular flexibility index (Phi) is 4.18. The van der Waals surface area contributed by atoms with E-state index in [4.69, 9.17) is 0 Å². The number of aromatic amines is 1. The number of hydrogen-bond donors (Lipinski definition) is 1. The Balaban J connectivity index is 0.000000461. The van der Waals surface area contributed by atoms with Crippen molar-refractivity contribution in [2.75, 3.05) is 0 Å². The van der Waals surface area contributed by atoms with Crippen molar-refractivity contribution in [1.82, 2.24) is 4.98 Å². The summed E-state index contributed by atoms with van der Waals surface area (Å²) in [7, 11) is 0. The molecule has 0 atom stereocenters. The molecule has 11 heavy (non-hydrogen) atoms. The van der Waals surface area contributed by atoms with Crippen molar-refractivity contribution in [3.63, 3.8) is 0 Å². The van der Waals surface area contributed by atoms with E-state index in [-0.39, 0.29) is 0 Å². The second-order valence-electron chi connectivity index (χ2n) is 2.07. The van der Waals surface area contributed by atoms with Crippen molar-refractivity contribution in [2.24, 2.45) is 0 Å². The zero-order valence-electron chi connectivity index (χ0n) is 7.51. The normalized spacial score (nSPS) is 8.36. The molecule has 0 saturated carbocycles. The molecule has 0 bridgehead atoms. The Labute approximate surface area is 66.7 Å². The highest BCUT2D eigenvalue weighted by molar-refractivity contribution is 4.90. The summed E-state index contributed by atoms with van der Waals surface area (Å²) in [5.74, 6) is 0. The van der Waals surface area contributed by atoms with Gasteiger partial charge in [-0.1, -0.05) is 13.8 Å². The molecule has 0 spiro atoms. The van der Waals surface area contributed by atoms with Gasteiger partial charge in [-0.05, 0) is 6.92 Å². The van der Waals surface area contributed by atoms with E-state index in [1.54, 1.807) is 13.1 Å². The number of hydrogen-bond acceptors (Lipinski definition) is 1. The Morgan fingerprint density at radius 3 is 2.27 bits per heavy atom. The highest BCUT2D eigenvalue weighted by Gasteiger charge is 1.98. The zero-order chi connectivity index (χ0) is 8.85. The minimum Gasteiger partial charge on any atom is -0.355 e. The van der Waals surface area contributed by atoms with Crippen LogP contribution in [0.2, 0.25) is 0 Å². The van der Waals surface area contributed by atoms with Crippen LogP contribution in [0.1, 0.15) is 25.2 Å². The van der Waals surface area contributed by atoms with E-state index in [0.29, 0.717) is 5.69 Å². The molecular formula is C8H15N2O+. The zero-order valence-corrected chi connectivity index (χ0v) is 7.51. The molecule has 1 N–H and O–H groups in total. The largest absolute Gasteiger partial charge is 0.355 e. The molecular weight excluding hydrogens is 140 g/mol. The molecule has 1 aromatic heterocycles. The number of nitrogens with one attached hydrogen (secondary N) is 1. The smallest absolute Gasteiger partial charge is 0.252 e. The first kappa shape index (κ1) is 9.88. The lowest BCUT2D eigenvalue weighted by Gasteiger charge is -1.83. The van der Waals surface area contributed by atoms with Crippen LogP contribution in [0.4, 0.5) is 0 Å². The monoisotopic (exact) mass is 155 g/mol. The van der Waals surface area contributed by atoms with Crippen LogP contribution in [-0.4, -0.2) is 4.98 Å². The Hall–Kier alpha value is -1.12. The van der Waals surface area contributed by atoms with Crippen molar-refractivity contribution in [1.29, 1.82) is 0 Å². The molecule has 0 amide bonds. The summed E-state index contributed by atoms with van der Waals surface area (Å²) < 4.78 is 0.839. The van der Waals surface area contributed by atoms with Crippen LogP contribution in [0.15, 0.2) is 12.4 Å². The van der Waals surface area contributed by atoms with Crippen LogP contribution in [0, 0.1) is 18.8 Å². The summed E-state index contributed by atoms with van der Waals surface area (Å²) in [4.78, 5) is 13.7. The van der Waals surface area contributed by atoms with E-state index in [9.17, 15) is 4.91 Å². The lowest BCUT2D eigenvalue weighted by Crippen LogP contribution is -2.18. The molecule has 0 saturated heterocycles. The summed E-state index contributed by atoms with van der Waals surface area (Å²) >= 11 is 0. The summed E-state index contributed by atoms with van der Waals surface area (Å²) in [5, 5.41) is 0. The maximum atomic E-state index is 10.7. The minimum atomic E-state index is 0.681. The predicted molar refractivity (Wildman–Crippen MR) is 45.0 cm³/mol. The van der Waals surface area contributed by atoms with Gasteiger partial charge in [-0.15, -0.1) is 0 Å². The SMILES string of the molecule is CC.Cc1c[n+](=O)c(C)c[nH]1. The molecule has 0 fully saturated rings. The fourth-order valence-corrected chi connectivity index (χ4v) is 0.597. The van der Waals surface area contributed by atoms with Crippen molar-refractivity contribution >= 4 is 0 Å². The van der Waals surface area contributed by atoms with Gasteiger partial charge in [0.2, 0.25) is 6.20 Å². The fourth-order valence-electron chi connectivity index (χ4n) is 0.597. The molecule has 3 nitrogen and oxygen atoms in total. The first-order valence-corrected chi connectivity index (χ1v) is 3.78. The Bertz CT molecular complexity index is 265. The first-order chi connectivity index (χ1) is 5.20. The Morgan fingerprint density at radius 2 is 1.91 bits per heavy atom. The third kappa shape index (κ3) is 2.98. The van der Waals surface area contributed by atoms with Crippen LogP contribution in [0.25, 0.3) is 0 Å². The van der Waals surface area contributed by atoms with Gasteiger partial charge in [0.1, 0.15) is 0 Å². The summed E-state index contributed by atoms with van der Waals surface area (Å²) in [6, 6.07) is 0. The van der Waals surface area contributed by atoms with Crippen LogP contribution in [-0.2, 0) is 0 Å². The average Bonchev–Trinajstić information content (AvgIpc) is 2.02. The highest BCUT2D eigenvalue weighted by Crippen LogP contribution is 1.85.